The summed E-state index contributed by atoms with van der Waals surface area (Å²) < 4.78 is 5.66. The Bertz CT molecular complexity index is 1040. The molecule has 0 spiro atoms. The first-order valence-corrected chi connectivity index (χ1v) is 8.16. The van der Waals surface area contributed by atoms with Gasteiger partial charge in [0.2, 0.25) is 0 Å². The van der Waals surface area contributed by atoms with Gasteiger partial charge < -0.3 is 9.40 Å². The molecule has 0 saturated carbocycles. The summed E-state index contributed by atoms with van der Waals surface area (Å²) in [5.74, 6) is 1.11. The molecule has 0 saturated heterocycles. The molecule has 2 aromatic heterocycles. The van der Waals surface area contributed by atoms with Crippen LogP contribution in [-0.2, 0) is 5.75 Å². The summed E-state index contributed by atoms with van der Waals surface area (Å²) >= 11 is 1.41. The van der Waals surface area contributed by atoms with Crippen molar-refractivity contribution in [2.24, 2.45) is 0 Å². The summed E-state index contributed by atoms with van der Waals surface area (Å²) in [6.07, 6.45) is 0. The lowest BCUT2D eigenvalue weighted by Gasteiger charge is -2.03. The first-order chi connectivity index (χ1) is 11.2. The number of nitrogens with zero attached hydrogens (tertiary/aromatic N) is 2. The van der Waals surface area contributed by atoms with Gasteiger partial charge in [-0.25, -0.2) is 9.97 Å². The minimum atomic E-state index is -0.119. The third kappa shape index (κ3) is 2.61. The molecule has 114 valence electrons. The van der Waals surface area contributed by atoms with Gasteiger partial charge in [-0.3, -0.25) is 4.79 Å². The zero-order valence-electron chi connectivity index (χ0n) is 12.4. The molecule has 0 atom stereocenters. The monoisotopic (exact) mass is 323 g/mol. The van der Waals surface area contributed by atoms with Crippen LogP contribution in [0.1, 0.15) is 11.4 Å². The number of hydrogen-bond acceptors (Lipinski definition) is 5. The van der Waals surface area contributed by atoms with E-state index >= 15 is 0 Å². The van der Waals surface area contributed by atoms with Crippen molar-refractivity contribution in [3.8, 4) is 0 Å². The third-order valence-electron chi connectivity index (χ3n) is 3.59. The quantitative estimate of drug-likeness (QED) is 0.582. The van der Waals surface area contributed by atoms with Gasteiger partial charge in [-0.1, -0.05) is 36.0 Å². The van der Waals surface area contributed by atoms with Gasteiger partial charge in [-0.05, 0) is 30.7 Å². The first-order valence-electron chi connectivity index (χ1n) is 7.17. The topological polar surface area (TPSA) is 71.8 Å². The van der Waals surface area contributed by atoms with Gasteiger partial charge >= 0.3 is 0 Å². The molecule has 23 heavy (non-hydrogen) atoms. The van der Waals surface area contributed by atoms with Gasteiger partial charge in [-0.15, -0.1) is 0 Å². The van der Waals surface area contributed by atoms with Crippen molar-refractivity contribution in [1.82, 2.24) is 15.0 Å². The Hall–Kier alpha value is -2.60. The number of aromatic amines is 1. The van der Waals surface area contributed by atoms with Crippen LogP contribution in [-0.4, -0.2) is 15.0 Å². The molecule has 1 N–H and O–H groups in total. The van der Waals surface area contributed by atoms with Crippen molar-refractivity contribution in [1.29, 1.82) is 0 Å². The fourth-order valence-corrected chi connectivity index (χ4v) is 3.17. The van der Waals surface area contributed by atoms with E-state index in [0.29, 0.717) is 22.2 Å². The Labute approximate surface area is 135 Å². The van der Waals surface area contributed by atoms with Crippen LogP contribution in [0.15, 0.2) is 56.9 Å². The largest absolute Gasteiger partial charge is 0.431 e. The summed E-state index contributed by atoms with van der Waals surface area (Å²) in [6.45, 7) is 1.95. The number of benzene rings is 2. The van der Waals surface area contributed by atoms with Crippen LogP contribution in [0, 0.1) is 6.92 Å². The average molecular weight is 323 g/mol. The summed E-state index contributed by atoms with van der Waals surface area (Å²) in [4.78, 5) is 24.0. The van der Waals surface area contributed by atoms with E-state index in [4.69, 9.17) is 4.42 Å². The Morgan fingerprint density at radius 3 is 2.87 bits per heavy atom. The molecule has 0 aliphatic heterocycles. The SMILES string of the molecule is Cc1cccc2c(=O)[nH]c(CSc3nc4ccccc4o3)nc12. The standard InChI is InChI=1S/C17H13N3O2S/c1-10-5-4-6-11-15(10)19-14(20-16(11)21)9-23-17-18-12-7-2-3-8-13(12)22-17/h2-8H,9H2,1H3,(H,19,20,21). The summed E-state index contributed by atoms with van der Waals surface area (Å²) in [5.41, 5.74) is 3.19. The number of aryl methyl sites for hydroxylation is 1. The van der Waals surface area contributed by atoms with Crippen LogP contribution in [0.5, 0.6) is 0 Å². The minimum absolute atomic E-state index is 0.119. The molecule has 0 aliphatic rings. The van der Waals surface area contributed by atoms with Crippen LogP contribution in [0.2, 0.25) is 0 Å². The Morgan fingerprint density at radius 2 is 2.00 bits per heavy atom. The van der Waals surface area contributed by atoms with E-state index in [0.717, 1.165) is 22.2 Å². The van der Waals surface area contributed by atoms with Gasteiger partial charge in [0.05, 0.1) is 16.7 Å². The van der Waals surface area contributed by atoms with Crippen molar-refractivity contribution >= 4 is 33.8 Å². The number of fused-ring (bicyclic) bond motifs is 2. The van der Waals surface area contributed by atoms with Gasteiger partial charge in [0.25, 0.3) is 10.8 Å². The number of nitrogens with one attached hydrogen (secondary N) is 1. The number of oxazole rings is 1. The van der Waals surface area contributed by atoms with E-state index in [1.165, 1.54) is 11.8 Å². The molecule has 0 bridgehead atoms. The predicted molar refractivity (Wildman–Crippen MR) is 90.7 cm³/mol. The first kappa shape index (κ1) is 14.0. The van der Waals surface area contributed by atoms with Gasteiger partial charge in [0.15, 0.2) is 5.58 Å². The molecule has 0 aliphatic carbocycles. The van der Waals surface area contributed by atoms with E-state index in [1.54, 1.807) is 6.07 Å². The average Bonchev–Trinajstić information content (AvgIpc) is 2.97. The van der Waals surface area contributed by atoms with Crippen LogP contribution < -0.4 is 5.56 Å². The maximum Gasteiger partial charge on any atom is 0.258 e. The molecule has 0 unspecified atom stereocenters. The molecular formula is C17H13N3O2S. The fraction of sp³-hybridized carbons (Fsp3) is 0.118. The highest BCUT2D eigenvalue weighted by atomic mass is 32.2. The second kappa shape index (κ2) is 5.55. The van der Waals surface area contributed by atoms with Crippen LogP contribution >= 0.6 is 11.8 Å². The van der Waals surface area contributed by atoms with E-state index in [-0.39, 0.29) is 5.56 Å². The minimum Gasteiger partial charge on any atom is -0.431 e. The molecule has 0 fully saturated rings. The molecule has 6 heteroatoms. The van der Waals surface area contributed by atoms with Crippen molar-refractivity contribution in [3.63, 3.8) is 0 Å². The summed E-state index contributed by atoms with van der Waals surface area (Å²) in [7, 11) is 0. The molecule has 0 amide bonds. The highest BCUT2D eigenvalue weighted by Gasteiger charge is 2.09. The van der Waals surface area contributed by atoms with Crippen LogP contribution in [0.4, 0.5) is 0 Å². The number of hydrogen-bond donors (Lipinski definition) is 1. The molecule has 2 aromatic carbocycles. The lowest BCUT2D eigenvalue weighted by Crippen LogP contribution is -2.11. The smallest absolute Gasteiger partial charge is 0.258 e. The fourth-order valence-electron chi connectivity index (χ4n) is 2.46. The molecular weight excluding hydrogens is 310 g/mol. The van der Waals surface area contributed by atoms with Crippen molar-refractivity contribution in [3.05, 3.63) is 64.2 Å². The summed E-state index contributed by atoms with van der Waals surface area (Å²) in [5, 5.41) is 1.18. The van der Waals surface area contributed by atoms with Gasteiger partial charge in [0.1, 0.15) is 11.3 Å². The third-order valence-corrected chi connectivity index (χ3v) is 4.43. The van der Waals surface area contributed by atoms with Crippen LogP contribution in [0.3, 0.4) is 0 Å². The number of aromatic nitrogens is 3. The van der Waals surface area contributed by atoms with E-state index in [9.17, 15) is 4.79 Å². The Kier molecular flexibility index (Phi) is 3.38. The summed E-state index contributed by atoms with van der Waals surface area (Å²) in [6, 6.07) is 13.2. The highest BCUT2D eigenvalue weighted by molar-refractivity contribution is 7.98. The van der Waals surface area contributed by atoms with Gasteiger partial charge in [-0.2, -0.15) is 0 Å². The zero-order chi connectivity index (χ0) is 15.8. The van der Waals surface area contributed by atoms with Gasteiger partial charge in [0, 0.05) is 0 Å². The normalized spacial score (nSPS) is 11.3. The number of para-hydroxylation sites is 3. The lowest BCUT2D eigenvalue weighted by atomic mass is 10.1. The van der Waals surface area contributed by atoms with Crippen molar-refractivity contribution in [2.75, 3.05) is 0 Å². The number of rotatable bonds is 3. The Morgan fingerprint density at radius 1 is 1.13 bits per heavy atom. The molecule has 2 heterocycles. The predicted octanol–water partition coefficient (Wildman–Crippen LogP) is 3.67. The lowest BCUT2D eigenvalue weighted by molar-refractivity contribution is 0.489. The molecule has 4 rings (SSSR count). The second-order valence-corrected chi connectivity index (χ2v) is 6.15. The molecule has 0 radical (unpaired) electrons. The molecule has 5 nitrogen and oxygen atoms in total. The Balaban J connectivity index is 1.65. The zero-order valence-corrected chi connectivity index (χ0v) is 13.2. The van der Waals surface area contributed by atoms with E-state index in [2.05, 4.69) is 15.0 Å². The highest BCUT2D eigenvalue weighted by Crippen LogP contribution is 2.25. The van der Waals surface area contributed by atoms with E-state index in [1.807, 2.05) is 43.3 Å². The number of thioether (sulfide) groups is 1. The van der Waals surface area contributed by atoms with Crippen molar-refractivity contribution in [2.45, 2.75) is 17.9 Å². The maximum atomic E-state index is 12.2. The maximum absolute atomic E-state index is 12.2. The number of H-pyrrole nitrogens is 1. The van der Waals surface area contributed by atoms with Crippen LogP contribution in [0.25, 0.3) is 22.0 Å². The second-order valence-electron chi connectivity index (χ2n) is 5.22. The van der Waals surface area contributed by atoms with Crippen molar-refractivity contribution < 1.29 is 4.42 Å². The van der Waals surface area contributed by atoms with E-state index < -0.39 is 0 Å². The molecule has 4 aromatic rings.